The first kappa shape index (κ1) is 8.59. The summed E-state index contributed by atoms with van der Waals surface area (Å²) < 4.78 is 0. The van der Waals surface area contributed by atoms with E-state index in [9.17, 15) is 4.79 Å². The number of aryl methyl sites for hydroxylation is 1. The zero-order valence-corrected chi connectivity index (χ0v) is 7.09. The molecule has 0 unspecified atom stereocenters. The molecular weight excluding hydrogens is 154 g/mol. The highest BCUT2D eigenvalue weighted by molar-refractivity contribution is 5.84. The summed E-state index contributed by atoms with van der Waals surface area (Å²) in [4.78, 5) is 10.3. The summed E-state index contributed by atoms with van der Waals surface area (Å²) in [6.07, 6.45) is -1.02. The molecule has 0 aliphatic rings. The van der Waals surface area contributed by atoms with Crippen molar-refractivity contribution >= 4 is 11.8 Å². The average Bonchev–Trinajstić information content (AvgIpc) is 1.98. The highest BCUT2D eigenvalue weighted by atomic mass is 16.4. The van der Waals surface area contributed by atoms with Gasteiger partial charge in [-0.1, -0.05) is 12.1 Å². The molecule has 0 aliphatic carbocycles. The van der Waals surface area contributed by atoms with Crippen LogP contribution in [0.25, 0.3) is 0 Å². The van der Waals surface area contributed by atoms with Crippen LogP contribution in [0, 0.1) is 13.8 Å². The molecular formula is C9H11NO2. The molecule has 0 saturated carbocycles. The standard InChI is InChI=1S/C9H11NO2/c1-6-4-3-5-8(7(6)2)10-9(11)12/h3-5,10H,1-2H3,(H,11,12). The van der Waals surface area contributed by atoms with Crippen LogP contribution in [-0.4, -0.2) is 11.2 Å². The van der Waals surface area contributed by atoms with Gasteiger partial charge in [-0.3, -0.25) is 5.32 Å². The molecule has 0 atom stereocenters. The Morgan fingerprint density at radius 3 is 2.67 bits per heavy atom. The Morgan fingerprint density at radius 2 is 2.08 bits per heavy atom. The van der Waals surface area contributed by atoms with Crippen LogP contribution in [0.3, 0.4) is 0 Å². The van der Waals surface area contributed by atoms with Crippen LogP contribution in [0.2, 0.25) is 0 Å². The lowest BCUT2D eigenvalue weighted by atomic mass is 10.1. The lowest BCUT2D eigenvalue weighted by molar-refractivity contribution is 0.209. The maximum absolute atomic E-state index is 10.3. The van der Waals surface area contributed by atoms with E-state index < -0.39 is 6.09 Å². The number of amides is 1. The number of anilines is 1. The van der Waals surface area contributed by atoms with E-state index in [0.29, 0.717) is 5.69 Å². The van der Waals surface area contributed by atoms with Gasteiger partial charge in [-0.2, -0.15) is 0 Å². The second-order valence-electron chi connectivity index (χ2n) is 2.68. The van der Waals surface area contributed by atoms with E-state index in [0.717, 1.165) is 11.1 Å². The first-order valence-electron chi connectivity index (χ1n) is 3.67. The van der Waals surface area contributed by atoms with Gasteiger partial charge in [-0.25, -0.2) is 4.79 Å². The average molecular weight is 165 g/mol. The van der Waals surface area contributed by atoms with Crippen molar-refractivity contribution in [3.8, 4) is 0 Å². The van der Waals surface area contributed by atoms with Gasteiger partial charge in [-0.05, 0) is 31.0 Å². The van der Waals surface area contributed by atoms with Crippen LogP contribution in [0.15, 0.2) is 18.2 Å². The summed E-state index contributed by atoms with van der Waals surface area (Å²) in [5.74, 6) is 0. The molecule has 1 rings (SSSR count). The minimum absolute atomic E-state index is 0.655. The van der Waals surface area contributed by atoms with Gasteiger partial charge in [0.05, 0.1) is 0 Å². The zero-order chi connectivity index (χ0) is 9.14. The molecule has 3 nitrogen and oxygen atoms in total. The van der Waals surface area contributed by atoms with Gasteiger partial charge >= 0.3 is 6.09 Å². The fraction of sp³-hybridized carbons (Fsp3) is 0.222. The maximum atomic E-state index is 10.3. The van der Waals surface area contributed by atoms with Gasteiger partial charge < -0.3 is 5.11 Å². The number of carbonyl (C=O) groups is 1. The summed E-state index contributed by atoms with van der Waals surface area (Å²) in [6.45, 7) is 3.84. The van der Waals surface area contributed by atoms with Crippen molar-refractivity contribution in [2.24, 2.45) is 0 Å². The number of carboxylic acid groups (broad SMARTS) is 1. The zero-order valence-electron chi connectivity index (χ0n) is 7.09. The van der Waals surface area contributed by atoms with Crippen LogP contribution in [0.1, 0.15) is 11.1 Å². The van der Waals surface area contributed by atoms with Crippen molar-refractivity contribution in [1.82, 2.24) is 0 Å². The number of hydrogen-bond donors (Lipinski definition) is 2. The van der Waals surface area contributed by atoms with Gasteiger partial charge in [0, 0.05) is 5.69 Å². The van der Waals surface area contributed by atoms with E-state index in [1.165, 1.54) is 0 Å². The van der Waals surface area contributed by atoms with Crippen molar-refractivity contribution in [3.05, 3.63) is 29.3 Å². The van der Waals surface area contributed by atoms with Crippen molar-refractivity contribution in [1.29, 1.82) is 0 Å². The molecule has 12 heavy (non-hydrogen) atoms. The van der Waals surface area contributed by atoms with E-state index in [-0.39, 0.29) is 0 Å². The summed E-state index contributed by atoms with van der Waals surface area (Å²) in [6, 6.07) is 5.52. The Kier molecular flexibility index (Phi) is 2.33. The van der Waals surface area contributed by atoms with E-state index in [4.69, 9.17) is 5.11 Å². The Labute approximate surface area is 71.0 Å². The molecule has 1 amide bonds. The molecule has 1 aromatic carbocycles. The van der Waals surface area contributed by atoms with E-state index >= 15 is 0 Å². The van der Waals surface area contributed by atoms with Crippen molar-refractivity contribution < 1.29 is 9.90 Å². The third-order valence-electron chi connectivity index (χ3n) is 1.85. The summed E-state index contributed by atoms with van der Waals surface area (Å²) in [5, 5.41) is 10.8. The normalized spacial score (nSPS) is 9.50. The van der Waals surface area contributed by atoms with Gasteiger partial charge in [0.2, 0.25) is 0 Å². The van der Waals surface area contributed by atoms with Gasteiger partial charge in [-0.15, -0.1) is 0 Å². The van der Waals surface area contributed by atoms with Crippen LogP contribution in [-0.2, 0) is 0 Å². The highest BCUT2D eigenvalue weighted by Gasteiger charge is 2.02. The predicted molar refractivity (Wildman–Crippen MR) is 47.6 cm³/mol. The number of hydrogen-bond acceptors (Lipinski definition) is 1. The molecule has 0 bridgehead atoms. The summed E-state index contributed by atoms with van der Waals surface area (Å²) >= 11 is 0. The lowest BCUT2D eigenvalue weighted by Crippen LogP contribution is -2.08. The molecule has 2 N–H and O–H groups in total. The van der Waals surface area contributed by atoms with Crippen molar-refractivity contribution in [2.45, 2.75) is 13.8 Å². The molecule has 1 aromatic rings. The first-order valence-corrected chi connectivity index (χ1v) is 3.67. The van der Waals surface area contributed by atoms with Crippen molar-refractivity contribution in [3.63, 3.8) is 0 Å². The number of nitrogens with one attached hydrogen (secondary N) is 1. The van der Waals surface area contributed by atoms with Crippen LogP contribution < -0.4 is 5.32 Å². The van der Waals surface area contributed by atoms with Gasteiger partial charge in [0.25, 0.3) is 0 Å². The minimum atomic E-state index is -1.02. The molecule has 0 fully saturated rings. The Bertz CT molecular complexity index is 307. The van der Waals surface area contributed by atoms with Crippen molar-refractivity contribution in [2.75, 3.05) is 5.32 Å². The molecule has 0 heterocycles. The molecule has 0 radical (unpaired) electrons. The topological polar surface area (TPSA) is 49.3 Å². The highest BCUT2D eigenvalue weighted by Crippen LogP contribution is 2.17. The molecule has 0 spiro atoms. The summed E-state index contributed by atoms with van der Waals surface area (Å²) in [5.41, 5.74) is 2.71. The Hall–Kier alpha value is -1.51. The monoisotopic (exact) mass is 165 g/mol. The van der Waals surface area contributed by atoms with E-state index in [1.807, 2.05) is 26.0 Å². The minimum Gasteiger partial charge on any atom is -0.465 e. The SMILES string of the molecule is Cc1cccc(NC(=O)O)c1C. The summed E-state index contributed by atoms with van der Waals surface area (Å²) in [7, 11) is 0. The third-order valence-corrected chi connectivity index (χ3v) is 1.85. The smallest absolute Gasteiger partial charge is 0.409 e. The first-order chi connectivity index (χ1) is 5.61. The maximum Gasteiger partial charge on any atom is 0.409 e. The molecule has 3 heteroatoms. The molecule has 0 aromatic heterocycles. The largest absolute Gasteiger partial charge is 0.465 e. The molecule has 64 valence electrons. The lowest BCUT2D eigenvalue weighted by Gasteiger charge is -2.06. The third kappa shape index (κ3) is 1.75. The Morgan fingerprint density at radius 1 is 1.42 bits per heavy atom. The van der Waals surface area contributed by atoms with Crippen LogP contribution in [0.5, 0.6) is 0 Å². The second-order valence-corrected chi connectivity index (χ2v) is 2.68. The van der Waals surface area contributed by atoms with Gasteiger partial charge in [0.1, 0.15) is 0 Å². The number of benzene rings is 1. The second kappa shape index (κ2) is 3.26. The fourth-order valence-electron chi connectivity index (χ4n) is 1.00. The predicted octanol–water partition coefficient (Wildman–Crippen LogP) is 2.39. The van der Waals surface area contributed by atoms with E-state index in [2.05, 4.69) is 5.32 Å². The number of rotatable bonds is 1. The van der Waals surface area contributed by atoms with Crippen LogP contribution in [0.4, 0.5) is 10.5 Å². The van der Waals surface area contributed by atoms with Gasteiger partial charge in [0.15, 0.2) is 0 Å². The molecule has 0 saturated heterocycles. The molecule has 0 aliphatic heterocycles. The van der Waals surface area contributed by atoms with Crippen LogP contribution >= 0.6 is 0 Å². The van der Waals surface area contributed by atoms with E-state index in [1.54, 1.807) is 6.07 Å². The Balaban J connectivity index is 3.00. The quantitative estimate of drug-likeness (QED) is 0.671. The fourth-order valence-corrected chi connectivity index (χ4v) is 1.00.